The molecule has 0 aliphatic heterocycles. The molecule has 75 heavy (non-hydrogen) atoms. The van der Waals surface area contributed by atoms with E-state index in [0.717, 1.165) is 109 Å². The number of carbonyl (C=O) groups excluding carboxylic acids is 3. The fourth-order valence-electron chi connectivity index (χ4n) is 8.86. The monoisotopic (exact) mass is 1040 g/mol. The van der Waals surface area contributed by atoms with Crippen LogP contribution in [0.4, 0.5) is 0 Å². The first-order valence-corrected chi connectivity index (χ1v) is 31.7. The second-order valence-corrected chi connectivity index (χ2v) is 20.9. The van der Waals surface area contributed by atoms with Gasteiger partial charge in [-0.05, 0) is 116 Å². The highest BCUT2D eigenvalue weighted by Gasteiger charge is 2.19. The molecule has 6 heteroatoms. The molecule has 0 rings (SSSR count). The third kappa shape index (κ3) is 61.1. The molecule has 0 saturated carbocycles. The van der Waals surface area contributed by atoms with Crippen LogP contribution in [-0.2, 0) is 28.6 Å². The zero-order valence-corrected chi connectivity index (χ0v) is 49.3. The zero-order valence-electron chi connectivity index (χ0n) is 49.3. The van der Waals surface area contributed by atoms with E-state index in [2.05, 4.69) is 118 Å². The van der Waals surface area contributed by atoms with Crippen molar-refractivity contribution >= 4 is 17.9 Å². The average molecular weight is 1040 g/mol. The summed E-state index contributed by atoms with van der Waals surface area (Å²) in [6.07, 6.45) is 84.0. The molecule has 6 nitrogen and oxygen atoms in total. The Balaban J connectivity index is 4.38. The Bertz CT molecular complexity index is 1480. The highest BCUT2D eigenvalue weighted by Crippen LogP contribution is 2.16. The van der Waals surface area contributed by atoms with E-state index in [1.54, 1.807) is 0 Å². The van der Waals surface area contributed by atoms with Crippen molar-refractivity contribution in [3.05, 3.63) is 97.2 Å². The Morgan fingerprint density at radius 1 is 0.280 bits per heavy atom. The smallest absolute Gasteiger partial charge is 0.306 e. The summed E-state index contributed by atoms with van der Waals surface area (Å²) < 4.78 is 16.9. The van der Waals surface area contributed by atoms with Gasteiger partial charge in [-0.1, -0.05) is 266 Å². The number of hydrogen-bond donors (Lipinski definition) is 0. The number of hydrogen-bond acceptors (Lipinski definition) is 6. The van der Waals surface area contributed by atoms with Gasteiger partial charge in [-0.15, -0.1) is 0 Å². The molecule has 0 amide bonds. The van der Waals surface area contributed by atoms with Crippen LogP contribution in [0.1, 0.15) is 303 Å². The maximum atomic E-state index is 12.9. The quantitative estimate of drug-likeness (QED) is 0.0261. The standard InChI is InChI=1S/C69H118O6/c1-4-7-10-13-16-19-22-25-28-31-32-33-34-35-36-39-41-44-47-50-53-56-59-62-68(71)74-65-66(75-69(72)63-60-57-54-51-48-45-42-38-30-27-24-21-18-15-12-9-6-3)64-73-67(70)61-58-55-52-49-46-43-40-37-29-26-23-20-17-14-11-8-5-2/h7,9-10,12,16,18-19,21,25-30,32-33,66H,4-6,8,11,13-15,17,20,22-24,31,34-65H2,1-3H3/b10-7-,12-9-,19-16-,21-18-,28-25-,29-26-,30-27-,33-32-. The Hall–Kier alpha value is -3.67. The van der Waals surface area contributed by atoms with E-state index in [1.165, 1.54) is 154 Å². The maximum Gasteiger partial charge on any atom is 0.306 e. The summed E-state index contributed by atoms with van der Waals surface area (Å²) in [5, 5.41) is 0. The summed E-state index contributed by atoms with van der Waals surface area (Å²) in [6, 6.07) is 0. The molecule has 0 aromatic heterocycles. The summed E-state index contributed by atoms with van der Waals surface area (Å²) in [5.41, 5.74) is 0. The van der Waals surface area contributed by atoms with Crippen LogP contribution in [0.25, 0.3) is 0 Å². The minimum absolute atomic E-state index is 0.0842. The van der Waals surface area contributed by atoms with Crippen molar-refractivity contribution in [3.8, 4) is 0 Å². The molecule has 430 valence electrons. The lowest BCUT2D eigenvalue weighted by atomic mass is 10.1. The molecule has 0 aliphatic carbocycles. The molecule has 0 fully saturated rings. The number of unbranched alkanes of at least 4 members (excludes halogenated alkanes) is 30. The maximum absolute atomic E-state index is 12.9. The molecular formula is C69H118O6. The minimum Gasteiger partial charge on any atom is -0.462 e. The second-order valence-electron chi connectivity index (χ2n) is 20.9. The van der Waals surface area contributed by atoms with Gasteiger partial charge in [-0.2, -0.15) is 0 Å². The van der Waals surface area contributed by atoms with E-state index < -0.39 is 6.10 Å². The highest BCUT2D eigenvalue weighted by molar-refractivity contribution is 5.71. The predicted molar refractivity (Wildman–Crippen MR) is 325 cm³/mol. The van der Waals surface area contributed by atoms with Crippen molar-refractivity contribution in [1.29, 1.82) is 0 Å². The lowest BCUT2D eigenvalue weighted by molar-refractivity contribution is -0.167. The summed E-state index contributed by atoms with van der Waals surface area (Å²) >= 11 is 0. The van der Waals surface area contributed by atoms with Gasteiger partial charge in [0, 0.05) is 19.3 Å². The topological polar surface area (TPSA) is 78.9 Å². The Labute approximate surface area is 464 Å². The normalized spacial score (nSPS) is 12.7. The molecule has 0 spiro atoms. The van der Waals surface area contributed by atoms with Crippen molar-refractivity contribution in [1.82, 2.24) is 0 Å². The van der Waals surface area contributed by atoms with Crippen LogP contribution < -0.4 is 0 Å². The van der Waals surface area contributed by atoms with Crippen molar-refractivity contribution in [2.45, 2.75) is 309 Å². The average Bonchev–Trinajstić information content (AvgIpc) is 3.41. The van der Waals surface area contributed by atoms with Gasteiger partial charge in [0.1, 0.15) is 13.2 Å². The first-order valence-electron chi connectivity index (χ1n) is 31.7. The van der Waals surface area contributed by atoms with Crippen molar-refractivity contribution < 1.29 is 28.6 Å². The van der Waals surface area contributed by atoms with E-state index in [0.29, 0.717) is 19.3 Å². The van der Waals surface area contributed by atoms with Crippen molar-refractivity contribution in [3.63, 3.8) is 0 Å². The molecule has 0 aromatic carbocycles. The molecule has 0 saturated heterocycles. The lowest BCUT2D eigenvalue weighted by Gasteiger charge is -2.18. The Kier molecular flexibility index (Phi) is 59.8. The summed E-state index contributed by atoms with van der Waals surface area (Å²) in [4.78, 5) is 38.3. The van der Waals surface area contributed by atoms with Gasteiger partial charge < -0.3 is 14.2 Å². The van der Waals surface area contributed by atoms with Crippen molar-refractivity contribution in [2.75, 3.05) is 13.2 Å². The van der Waals surface area contributed by atoms with Crippen LogP contribution in [0.3, 0.4) is 0 Å². The van der Waals surface area contributed by atoms with Gasteiger partial charge in [-0.25, -0.2) is 0 Å². The first kappa shape index (κ1) is 71.3. The van der Waals surface area contributed by atoms with Crippen LogP contribution in [0.5, 0.6) is 0 Å². The van der Waals surface area contributed by atoms with Gasteiger partial charge in [0.25, 0.3) is 0 Å². The number of allylic oxidation sites excluding steroid dienone is 16. The SMILES string of the molecule is CC/C=C\C/C=C\C/C=C\C/C=C\CCCCCCCCCCCCC(=O)OCC(COC(=O)CCCCCCCCC/C=C\CCCCCCCC)OC(=O)CCCCCCCCC/C=C\C/C=C\C/C=C\CC. The van der Waals surface area contributed by atoms with E-state index in [9.17, 15) is 14.4 Å². The third-order valence-corrected chi connectivity index (χ3v) is 13.6. The van der Waals surface area contributed by atoms with Crippen LogP contribution in [0.2, 0.25) is 0 Å². The van der Waals surface area contributed by atoms with Gasteiger partial charge in [-0.3, -0.25) is 14.4 Å². The van der Waals surface area contributed by atoms with E-state index >= 15 is 0 Å². The van der Waals surface area contributed by atoms with Crippen LogP contribution in [0.15, 0.2) is 97.2 Å². The summed E-state index contributed by atoms with van der Waals surface area (Å²) in [6.45, 7) is 6.43. The second kappa shape index (κ2) is 62.9. The van der Waals surface area contributed by atoms with Gasteiger partial charge >= 0.3 is 17.9 Å². The van der Waals surface area contributed by atoms with Crippen molar-refractivity contribution in [2.24, 2.45) is 0 Å². The van der Waals surface area contributed by atoms with Crippen LogP contribution in [-0.4, -0.2) is 37.2 Å². The third-order valence-electron chi connectivity index (χ3n) is 13.6. The van der Waals surface area contributed by atoms with Gasteiger partial charge in [0.05, 0.1) is 0 Å². The van der Waals surface area contributed by atoms with Crippen LogP contribution >= 0.6 is 0 Å². The molecule has 0 heterocycles. The van der Waals surface area contributed by atoms with Gasteiger partial charge in [0.2, 0.25) is 0 Å². The summed E-state index contributed by atoms with van der Waals surface area (Å²) in [7, 11) is 0. The number of carbonyl (C=O) groups is 3. The fourth-order valence-corrected chi connectivity index (χ4v) is 8.86. The number of rotatable bonds is 57. The molecule has 0 aliphatic rings. The molecule has 1 unspecified atom stereocenters. The zero-order chi connectivity index (χ0) is 54.3. The van der Waals surface area contributed by atoms with E-state index in [1.807, 2.05) is 0 Å². The summed E-state index contributed by atoms with van der Waals surface area (Å²) in [5.74, 6) is -0.893. The van der Waals surface area contributed by atoms with E-state index in [4.69, 9.17) is 14.2 Å². The predicted octanol–water partition coefficient (Wildman–Crippen LogP) is 21.7. The molecule has 0 radical (unpaired) electrons. The largest absolute Gasteiger partial charge is 0.462 e. The minimum atomic E-state index is -0.788. The highest BCUT2D eigenvalue weighted by atomic mass is 16.6. The molecule has 0 aromatic rings. The van der Waals surface area contributed by atoms with Gasteiger partial charge in [0.15, 0.2) is 6.10 Å². The Morgan fingerprint density at radius 3 is 0.827 bits per heavy atom. The molecule has 1 atom stereocenters. The number of ether oxygens (including phenoxy) is 3. The van der Waals surface area contributed by atoms with Crippen LogP contribution in [0, 0.1) is 0 Å². The van der Waals surface area contributed by atoms with E-state index in [-0.39, 0.29) is 31.1 Å². The Morgan fingerprint density at radius 2 is 0.520 bits per heavy atom. The number of esters is 3. The lowest BCUT2D eigenvalue weighted by Crippen LogP contribution is -2.30. The molecule has 0 bridgehead atoms. The molecular weight excluding hydrogens is 925 g/mol. The molecule has 0 N–H and O–H groups in total. The first-order chi connectivity index (χ1) is 37.0. The fraction of sp³-hybridized carbons (Fsp3) is 0.725.